The fraction of sp³-hybridized carbons (Fsp3) is 0.370. The maximum Gasteiger partial charge on any atom is 0.277 e. The molecule has 3 aromatic rings. The molecule has 1 aromatic heterocycles. The molecule has 1 N–H and O–H groups in total. The number of aromatic nitrogens is 2. The van der Waals surface area contributed by atoms with Gasteiger partial charge in [-0.25, -0.2) is 23.2 Å². The Morgan fingerprint density at radius 2 is 1.76 bits per heavy atom. The SMILES string of the molecule is CON1C(=O)c2cccc(c2)S(=O)(=O)Nc2nc(cc(-c3c(C)cccc3C)n2)OC[C@H]1CC(C)(C)C. The lowest BCUT2D eigenvalue weighted by atomic mass is 9.88. The van der Waals surface area contributed by atoms with Crippen LogP contribution in [-0.2, 0) is 14.9 Å². The molecule has 10 heteroatoms. The summed E-state index contributed by atoms with van der Waals surface area (Å²) in [6.07, 6.45) is 0.560. The van der Waals surface area contributed by atoms with Crippen LogP contribution in [0.5, 0.6) is 5.88 Å². The van der Waals surface area contributed by atoms with Crippen molar-refractivity contribution < 1.29 is 22.8 Å². The van der Waals surface area contributed by atoms with Crippen molar-refractivity contribution in [2.45, 2.75) is 52.0 Å². The van der Waals surface area contributed by atoms with Gasteiger partial charge in [-0.2, -0.15) is 4.98 Å². The Kier molecular flexibility index (Phi) is 7.25. The van der Waals surface area contributed by atoms with Gasteiger partial charge in [0.05, 0.1) is 23.7 Å². The van der Waals surface area contributed by atoms with E-state index in [4.69, 9.17) is 9.57 Å². The van der Waals surface area contributed by atoms with Gasteiger partial charge in [0.15, 0.2) is 0 Å². The molecule has 1 amide bonds. The monoisotopic (exact) mass is 524 g/mol. The summed E-state index contributed by atoms with van der Waals surface area (Å²) < 4.78 is 35.1. The Balaban J connectivity index is 1.90. The zero-order valence-electron chi connectivity index (χ0n) is 21.9. The molecular weight excluding hydrogens is 492 g/mol. The van der Waals surface area contributed by atoms with Crippen molar-refractivity contribution in [1.82, 2.24) is 15.0 Å². The van der Waals surface area contributed by atoms with Crippen LogP contribution >= 0.6 is 0 Å². The summed E-state index contributed by atoms with van der Waals surface area (Å²) in [6.45, 7) is 10.2. The number of nitrogens with one attached hydrogen (secondary N) is 1. The number of anilines is 1. The highest BCUT2D eigenvalue weighted by Gasteiger charge is 2.31. The second-order valence-electron chi connectivity index (χ2n) is 10.4. The van der Waals surface area contributed by atoms with E-state index in [0.29, 0.717) is 12.1 Å². The molecule has 4 rings (SSSR count). The Hall–Kier alpha value is -3.50. The Bertz CT molecular complexity index is 1410. The lowest BCUT2D eigenvalue weighted by molar-refractivity contribution is -0.137. The molecule has 0 unspecified atom stereocenters. The first-order valence-electron chi connectivity index (χ1n) is 12.0. The molecule has 1 atom stereocenters. The minimum Gasteiger partial charge on any atom is -0.475 e. The molecule has 1 aliphatic rings. The van der Waals surface area contributed by atoms with Gasteiger partial charge in [-0.05, 0) is 55.0 Å². The highest BCUT2D eigenvalue weighted by molar-refractivity contribution is 7.92. The molecule has 0 spiro atoms. The molecule has 37 heavy (non-hydrogen) atoms. The van der Waals surface area contributed by atoms with Gasteiger partial charge in [0.25, 0.3) is 15.9 Å². The van der Waals surface area contributed by atoms with Gasteiger partial charge < -0.3 is 4.74 Å². The molecule has 0 saturated heterocycles. The van der Waals surface area contributed by atoms with Crippen LogP contribution in [0.3, 0.4) is 0 Å². The maximum atomic E-state index is 13.5. The van der Waals surface area contributed by atoms with Crippen molar-refractivity contribution >= 4 is 21.9 Å². The third-order valence-electron chi connectivity index (χ3n) is 6.06. The van der Waals surface area contributed by atoms with E-state index in [0.717, 1.165) is 16.7 Å². The molecule has 2 aromatic carbocycles. The van der Waals surface area contributed by atoms with Crippen LogP contribution in [-0.4, -0.2) is 49.1 Å². The quantitative estimate of drug-likeness (QED) is 0.526. The maximum absolute atomic E-state index is 13.5. The van der Waals surface area contributed by atoms with Crippen LogP contribution in [0, 0.1) is 19.3 Å². The van der Waals surface area contributed by atoms with Gasteiger partial charge in [-0.1, -0.05) is 45.0 Å². The second-order valence-corrected chi connectivity index (χ2v) is 12.0. The highest BCUT2D eigenvalue weighted by atomic mass is 32.2. The lowest BCUT2D eigenvalue weighted by Gasteiger charge is -2.33. The summed E-state index contributed by atoms with van der Waals surface area (Å²) >= 11 is 0. The normalized spacial score (nSPS) is 17.6. The Morgan fingerprint density at radius 1 is 1.08 bits per heavy atom. The van der Waals surface area contributed by atoms with Crippen molar-refractivity contribution in [3.8, 4) is 17.1 Å². The van der Waals surface area contributed by atoms with Crippen LogP contribution in [0.2, 0.25) is 0 Å². The number of nitrogens with zero attached hydrogens (tertiary/aromatic N) is 3. The predicted molar refractivity (Wildman–Crippen MR) is 141 cm³/mol. The average molecular weight is 525 g/mol. The first kappa shape index (κ1) is 26.6. The zero-order chi connectivity index (χ0) is 27.0. The van der Waals surface area contributed by atoms with E-state index in [2.05, 4.69) is 35.5 Å². The largest absolute Gasteiger partial charge is 0.475 e. The smallest absolute Gasteiger partial charge is 0.277 e. The van der Waals surface area contributed by atoms with E-state index >= 15 is 0 Å². The standard InChI is InChI=1S/C27H32N4O5S/c1-17-9-7-10-18(2)24(17)22-14-23-29-26(28-22)30-37(33,34)21-12-8-11-19(13-21)25(32)31(35-6)20(16-36-23)15-27(3,4)5/h7-14,20H,15-16H2,1-6H3,(H,28,29,30)/t20-/m1/s1. The van der Waals surface area contributed by atoms with Crippen molar-refractivity contribution in [2.75, 3.05) is 18.4 Å². The zero-order valence-corrected chi connectivity index (χ0v) is 22.7. The predicted octanol–water partition coefficient (Wildman–Crippen LogP) is 4.76. The average Bonchev–Trinajstić information content (AvgIpc) is 2.81. The van der Waals surface area contributed by atoms with Gasteiger partial charge in [0, 0.05) is 17.2 Å². The number of carbonyl (C=O) groups is 1. The number of sulfonamides is 1. The first-order valence-corrected chi connectivity index (χ1v) is 13.5. The van der Waals surface area contributed by atoms with Gasteiger partial charge in [-0.15, -0.1) is 0 Å². The molecule has 0 fully saturated rings. The lowest BCUT2D eigenvalue weighted by Crippen LogP contribution is -2.45. The number of hydroxylamine groups is 2. The Morgan fingerprint density at radius 3 is 2.41 bits per heavy atom. The third kappa shape index (κ3) is 5.91. The topological polar surface area (TPSA) is 111 Å². The van der Waals surface area contributed by atoms with E-state index in [1.54, 1.807) is 12.1 Å². The summed E-state index contributed by atoms with van der Waals surface area (Å²) in [5.41, 5.74) is 3.35. The summed E-state index contributed by atoms with van der Waals surface area (Å²) in [7, 11) is -2.70. The molecule has 4 bridgehead atoms. The van der Waals surface area contributed by atoms with Crippen LogP contribution in [0.25, 0.3) is 11.3 Å². The number of amides is 1. The van der Waals surface area contributed by atoms with Crippen LogP contribution in [0.15, 0.2) is 53.4 Å². The third-order valence-corrected chi connectivity index (χ3v) is 7.38. The molecule has 2 heterocycles. The number of hydrogen-bond donors (Lipinski definition) is 1. The summed E-state index contributed by atoms with van der Waals surface area (Å²) in [6, 6.07) is 12.9. The number of hydrogen-bond acceptors (Lipinski definition) is 7. The molecule has 196 valence electrons. The van der Waals surface area contributed by atoms with E-state index in [-0.39, 0.29) is 34.3 Å². The van der Waals surface area contributed by atoms with Crippen molar-refractivity contribution in [3.63, 3.8) is 0 Å². The second kappa shape index (κ2) is 10.1. The van der Waals surface area contributed by atoms with Gasteiger partial charge in [0.2, 0.25) is 11.8 Å². The van der Waals surface area contributed by atoms with Crippen LogP contribution < -0.4 is 9.46 Å². The van der Waals surface area contributed by atoms with E-state index < -0.39 is 22.0 Å². The number of carbonyl (C=O) groups excluding carboxylic acids is 1. The minimum atomic E-state index is -4.11. The molecule has 0 saturated carbocycles. The van der Waals surface area contributed by atoms with Gasteiger partial charge in [-0.3, -0.25) is 9.63 Å². The molecule has 9 nitrogen and oxygen atoms in total. The molecular formula is C27H32N4O5S. The Labute approximate surface area is 217 Å². The number of rotatable bonds is 3. The summed E-state index contributed by atoms with van der Waals surface area (Å²) in [5, 5.41) is 1.25. The molecule has 1 aliphatic heterocycles. The highest BCUT2D eigenvalue weighted by Crippen LogP contribution is 2.31. The first-order chi connectivity index (χ1) is 17.4. The number of benzene rings is 2. The van der Waals surface area contributed by atoms with E-state index in [1.165, 1.54) is 30.4 Å². The van der Waals surface area contributed by atoms with Crippen LogP contribution in [0.4, 0.5) is 5.95 Å². The van der Waals surface area contributed by atoms with Gasteiger partial charge >= 0.3 is 0 Å². The minimum absolute atomic E-state index is 0.0753. The van der Waals surface area contributed by atoms with Crippen molar-refractivity contribution in [2.24, 2.45) is 5.41 Å². The fourth-order valence-electron chi connectivity index (χ4n) is 4.49. The number of ether oxygens (including phenoxy) is 1. The van der Waals surface area contributed by atoms with Crippen LogP contribution in [0.1, 0.15) is 48.7 Å². The summed E-state index contributed by atoms with van der Waals surface area (Å²) in [4.78, 5) is 27.8. The summed E-state index contributed by atoms with van der Waals surface area (Å²) in [5.74, 6) is -0.411. The van der Waals surface area contributed by atoms with Gasteiger partial charge in [0.1, 0.15) is 6.61 Å². The number of fused-ring (bicyclic) bond motifs is 4. The van der Waals surface area contributed by atoms with Crippen molar-refractivity contribution in [3.05, 3.63) is 65.2 Å². The van der Waals surface area contributed by atoms with Crippen molar-refractivity contribution in [1.29, 1.82) is 0 Å². The van der Waals surface area contributed by atoms with E-state index in [1.807, 2.05) is 32.0 Å². The number of aryl methyl sites for hydroxylation is 2. The van der Waals surface area contributed by atoms with E-state index in [9.17, 15) is 13.2 Å². The molecule has 0 aliphatic carbocycles. The fourth-order valence-corrected chi connectivity index (χ4v) is 5.48. The molecule has 0 radical (unpaired) electrons.